The van der Waals surface area contributed by atoms with Crippen LogP contribution in [0.5, 0.6) is 0 Å². The number of benzene rings is 1. The molecule has 160 valence electrons. The summed E-state index contributed by atoms with van der Waals surface area (Å²) in [6.45, 7) is 4.16. The molecule has 0 aliphatic carbocycles. The first-order valence-electron chi connectivity index (χ1n) is 9.47. The fraction of sp³-hybridized carbons (Fsp3) is 0.182. The van der Waals surface area contributed by atoms with Gasteiger partial charge in [0, 0.05) is 35.9 Å². The van der Waals surface area contributed by atoms with Gasteiger partial charge in [0.15, 0.2) is 0 Å². The quantitative estimate of drug-likeness (QED) is 0.319. The molecule has 0 unspecified atom stereocenters. The molecule has 0 radical (unpaired) electrons. The van der Waals surface area contributed by atoms with Gasteiger partial charge >= 0.3 is 0 Å². The lowest BCUT2D eigenvalue weighted by molar-refractivity contribution is -0.129. The molecule has 0 saturated carbocycles. The monoisotopic (exact) mass is 457 g/mol. The predicted octanol–water partition coefficient (Wildman–Crippen LogP) is 3.95. The molecule has 0 saturated heterocycles. The van der Waals surface area contributed by atoms with Crippen molar-refractivity contribution in [1.29, 1.82) is 0 Å². The minimum atomic E-state index is -0.508. The number of carbonyl (C=O) groups excluding carboxylic acids is 2. The number of hydrogen-bond acceptors (Lipinski definition) is 4. The maximum absolute atomic E-state index is 12.0. The average molecular weight is 458 g/mol. The van der Waals surface area contributed by atoms with Crippen molar-refractivity contribution in [2.75, 3.05) is 0 Å². The zero-order chi connectivity index (χ0) is 22.4. The maximum Gasteiger partial charge on any atom is 0.249 e. The molecule has 3 rings (SSSR count). The van der Waals surface area contributed by atoms with Crippen molar-refractivity contribution in [3.05, 3.63) is 81.4 Å². The van der Waals surface area contributed by atoms with E-state index in [9.17, 15) is 9.59 Å². The van der Waals surface area contributed by atoms with Crippen molar-refractivity contribution in [2.45, 2.75) is 26.8 Å². The van der Waals surface area contributed by atoms with Crippen LogP contribution in [0.25, 0.3) is 5.69 Å². The summed E-state index contributed by atoms with van der Waals surface area (Å²) in [7, 11) is 0. The van der Waals surface area contributed by atoms with Crippen molar-refractivity contribution in [2.24, 2.45) is 5.10 Å². The molecule has 3 aromatic rings. The average Bonchev–Trinajstić information content (AvgIpc) is 3.02. The second kappa shape index (κ2) is 10.2. The van der Waals surface area contributed by atoms with Crippen LogP contribution in [0.15, 0.2) is 53.9 Å². The Bertz CT molecular complexity index is 1130. The van der Waals surface area contributed by atoms with E-state index in [2.05, 4.69) is 20.8 Å². The summed E-state index contributed by atoms with van der Waals surface area (Å²) < 4.78 is 1.96. The predicted molar refractivity (Wildman–Crippen MR) is 122 cm³/mol. The lowest BCUT2D eigenvalue weighted by Gasteiger charge is -2.12. The Morgan fingerprint density at radius 1 is 1.16 bits per heavy atom. The standard InChI is InChI=1S/C22H21Cl2N5O2/c1-14-9-17(15(2)29(14)19-7-3-6-18(23)22(19)24)13-27-28-21(31)10-20(30)26-12-16-5-4-8-25-11-16/h3-9,11,13H,10,12H2,1-2H3,(H,26,30)(H,28,31)/b27-13+. The number of hydrazone groups is 1. The number of pyridine rings is 1. The van der Waals surface area contributed by atoms with Gasteiger partial charge in [0.2, 0.25) is 11.8 Å². The Balaban J connectivity index is 1.59. The van der Waals surface area contributed by atoms with Gasteiger partial charge < -0.3 is 9.88 Å². The highest BCUT2D eigenvalue weighted by atomic mass is 35.5. The molecule has 1 aromatic carbocycles. The third-order valence-corrected chi connectivity index (χ3v) is 5.38. The summed E-state index contributed by atoms with van der Waals surface area (Å²) in [5.41, 5.74) is 6.61. The first-order chi connectivity index (χ1) is 14.9. The van der Waals surface area contributed by atoms with Crippen LogP contribution >= 0.6 is 23.2 Å². The second-order valence-electron chi connectivity index (χ2n) is 6.84. The fourth-order valence-corrected chi connectivity index (χ4v) is 3.46. The minimum absolute atomic E-state index is 0.307. The molecule has 2 N–H and O–H groups in total. The molecule has 31 heavy (non-hydrogen) atoms. The molecule has 2 amide bonds. The Morgan fingerprint density at radius 2 is 1.97 bits per heavy atom. The summed E-state index contributed by atoms with van der Waals surface area (Å²) >= 11 is 12.5. The van der Waals surface area contributed by atoms with E-state index in [1.54, 1.807) is 24.5 Å². The van der Waals surface area contributed by atoms with Gasteiger partial charge in [0.1, 0.15) is 6.42 Å². The number of carbonyl (C=O) groups is 2. The third-order valence-electron chi connectivity index (χ3n) is 4.57. The first-order valence-corrected chi connectivity index (χ1v) is 10.2. The van der Waals surface area contributed by atoms with E-state index < -0.39 is 11.8 Å². The molecule has 2 aromatic heterocycles. The van der Waals surface area contributed by atoms with Crippen LogP contribution in [0.1, 0.15) is 28.9 Å². The fourth-order valence-electron chi connectivity index (χ4n) is 3.08. The van der Waals surface area contributed by atoms with Crippen LogP contribution in [0.2, 0.25) is 10.0 Å². The van der Waals surface area contributed by atoms with Crippen molar-refractivity contribution in [3.8, 4) is 5.69 Å². The highest BCUT2D eigenvalue weighted by molar-refractivity contribution is 6.43. The molecule has 0 fully saturated rings. The molecule has 2 heterocycles. The number of nitrogens with zero attached hydrogens (tertiary/aromatic N) is 3. The van der Waals surface area contributed by atoms with Gasteiger partial charge in [-0.15, -0.1) is 0 Å². The van der Waals surface area contributed by atoms with Crippen molar-refractivity contribution in [3.63, 3.8) is 0 Å². The van der Waals surface area contributed by atoms with Crippen LogP contribution in [-0.2, 0) is 16.1 Å². The van der Waals surface area contributed by atoms with Crippen LogP contribution in [0, 0.1) is 13.8 Å². The van der Waals surface area contributed by atoms with Gasteiger partial charge in [-0.3, -0.25) is 14.6 Å². The normalized spacial score (nSPS) is 11.0. The van der Waals surface area contributed by atoms with Gasteiger partial charge in [0.05, 0.1) is 21.9 Å². The summed E-state index contributed by atoms with van der Waals surface area (Å²) in [5, 5.41) is 7.57. The van der Waals surface area contributed by atoms with Crippen LogP contribution in [0.4, 0.5) is 0 Å². The molecule has 0 spiro atoms. The Labute approximate surface area is 190 Å². The second-order valence-corrected chi connectivity index (χ2v) is 7.63. The van der Waals surface area contributed by atoms with Gasteiger partial charge in [-0.25, -0.2) is 5.43 Å². The Kier molecular flexibility index (Phi) is 7.44. The largest absolute Gasteiger partial charge is 0.352 e. The smallest absolute Gasteiger partial charge is 0.249 e. The summed E-state index contributed by atoms with van der Waals surface area (Å²) in [4.78, 5) is 27.9. The topological polar surface area (TPSA) is 88.4 Å². The zero-order valence-corrected chi connectivity index (χ0v) is 18.5. The van der Waals surface area contributed by atoms with Gasteiger partial charge in [-0.2, -0.15) is 5.10 Å². The van der Waals surface area contributed by atoms with Crippen molar-refractivity contribution < 1.29 is 9.59 Å². The van der Waals surface area contributed by atoms with Gasteiger partial charge in [-0.1, -0.05) is 35.3 Å². The summed E-state index contributed by atoms with van der Waals surface area (Å²) in [6, 6.07) is 11.0. The maximum atomic E-state index is 12.0. The third kappa shape index (κ3) is 5.71. The number of rotatable bonds is 7. The van der Waals surface area contributed by atoms with Gasteiger partial charge in [0.25, 0.3) is 0 Å². The molecular weight excluding hydrogens is 437 g/mol. The van der Waals surface area contributed by atoms with E-state index in [0.717, 1.165) is 28.2 Å². The van der Waals surface area contributed by atoms with Crippen LogP contribution in [0.3, 0.4) is 0 Å². The first kappa shape index (κ1) is 22.5. The summed E-state index contributed by atoms with van der Waals surface area (Å²) in [6.07, 6.45) is 4.51. The lowest BCUT2D eigenvalue weighted by Crippen LogP contribution is -2.29. The number of halogens is 2. The molecular formula is C22H21Cl2N5O2. The van der Waals surface area contributed by atoms with E-state index in [0.29, 0.717) is 16.6 Å². The highest BCUT2D eigenvalue weighted by Crippen LogP contribution is 2.31. The van der Waals surface area contributed by atoms with E-state index in [1.165, 1.54) is 6.21 Å². The van der Waals surface area contributed by atoms with Gasteiger partial charge in [-0.05, 0) is 43.7 Å². The minimum Gasteiger partial charge on any atom is -0.352 e. The Hall–Kier alpha value is -3.16. The van der Waals surface area contributed by atoms with E-state index >= 15 is 0 Å². The van der Waals surface area contributed by atoms with Crippen molar-refractivity contribution in [1.82, 2.24) is 20.3 Å². The summed E-state index contributed by atoms with van der Waals surface area (Å²) in [5.74, 6) is -0.906. The molecule has 7 nitrogen and oxygen atoms in total. The number of nitrogens with one attached hydrogen (secondary N) is 2. The van der Waals surface area contributed by atoms with Crippen LogP contribution < -0.4 is 10.7 Å². The van der Waals surface area contributed by atoms with E-state index in [4.69, 9.17) is 23.2 Å². The van der Waals surface area contributed by atoms with Crippen LogP contribution in [-0.4, -0.2) is 27.6 Å². The van der Waals surface area contributed by atoms with E-state index in [-0.39, 0.29) is 6.42 Å². The number of aromatic nitrogens is 2. The molecule has 0 bridgehead atoms. The Morgan fingerprint density at radius 3 is 2.71 bits per heavy atom. The number of amides is 2. The highest BCUT2D eigenvalue weighted by Gasteiger charge is 2.14. The SMILES string of the molecule is Cc1cc(/C=N/NC(=O)CC(=O)NCc2cccnc2)c(C)n1-c1cccc(Cl)c1Cl. The van der Waals surface area contributed by atoms with E-state index in [1.807, 2.05) is 42.7 Å². The lowest BCUT2D eigenvalue weighted by atomic mass is 10.2. The number of hydrogen-bond donors (Lipinski definition) is 2. The number of aryl methyl sites for hydroxylation is 1. The molecule has 0 atom stereocenters. The molecule has 0 aliphatic rings. The zero-order valence-electron chi connectivity index (χ0n) is 17.0. The molecule has 9 heteroatoms. The van der Waals surface area contributed by atoms with Crippen molar-refractivity contribution >= 4 is 41.2 Å². The molecule has 0 aliphatic heterocycles.